The summed E-state index contributed by atoms with van der Waals surface area (Å²) in [6, 6.07) is 11.5. The lowest BCUT2D eigenvalue weighted by atomic mass is 9.98. The van der Waals surface area contributed by atoms with Crippen molar-refractivity contribution in [2.24, 2.45) is 0 Å². The predicted octanol–water partition coefficient (Wildman–Crippen LogP) is 4.25. The quantitative estimate of drug-likeness (QED) is 0.883. The van der Waals surface area contributed by atoms with Crippen LogP contribution < -0.4 is 10.2 Å². The normalized spacial score (nSPS) is 10.6. The highest BCUT2D eigenvalue weighted by molar-refractivity contribution is 6.02. The second-order valence-corrected chi connectivity index (χ2v) is 6.33. The lowest BCUT2D eigenvalue weighted by Gasteiger charge is -2.22. The molecule has 0 aliphatic rings. The molecule has 0 saturated heterocycles. The fourth-order valence-corrected chi connectivity index (χ4v) is 2.69. The van der Waals surface area contributed by atoms with E-state index in [9.17, 15) is 14.0 Å². The summed E-state index contributed by atoms with van der Waals surface area (Å²) >= 11 is 0. The van der Waals surface area contributed by atoms with E-state index in [-0.39, 0.29) is 24.3 Å². The minimum absolute atomic E-state index is 0.176. The van der Waals surface area contributed by atoms with Crippen molar-refractivity contribution in [3.8, 4) is 0 Å². The maximum Gasteiger partial charge on any atom is 0.244 e. The van der Waals surface area contributed by atoms with Crippen molar-refractivity contribution in [2.75, 3.05) is 16.8 Å². The highest BCUT2D eigenvalue weighted by atomic mass is 19.1. The van der Waals surface area contributed by atoms with Crippen LogP contribution in [0.5, 0.6) is 0 Å². The Labute approximate surface area is 147 Å². The lowest BCUT2D eigenvalue weighted by molar-refractivity contribution is -0.120. The van der Waals surface area contributed by atoms with Crippen LogP contribution in [0.3, 0.4) is 0 Å². The van der Waals surface area contributed by atoms with Gasteiger partial charge in [0.2, 0.25) is 11.8 Å². The van der Waals surface area contributed by atoms with Crippen LogP contribution in [0.1, 0.15) is 37.8 Å². The molecular formula is C20H23FN2O2. The number of nitrogens with one attached hydrogen (secondary N) is 1. The van der Waals surface area contributed by atoms with Crippen molar-refractivity contribution in [1.29, 1.82) is 0 Å². The third-order valence-electron chi connectivity index (χ3n) is 3.99. The molecule has 0 spiro atoms. The van der Waals surface area contributed by atoms with E-state index in [1.54, 1.807) is 6.07 Å². The zero-order valence-corrected chi connectivity index (χ0v) is 15.0. The highest BCUT2D eigenvalue weighted by Gasteiger charge is 2.18. The van der Waals surface area contributed by atoms with Crippen molar-refractivity contribution in [2.45, 2.75) is 33.6 Å². The van der Waals surface area contributed by atoms with Gasteiger partial charge in [0.1, 0.15) is 12.4 Å². The SMILES string of the molecule is CC(=O)N(CC(=O)Nc1c(C)cccc1C(C)C)c1cccc(F)c1. The molecule has 25 heavy (non-hydrogen) atoms. The second kappa shape index (κ2) is 7.92. The van der Waals surface area contributed by atoms with Crippen molar-refractivity contribution in [3.63, 3.8) is 0 Å². The Hall–Kier alpha value is -2.69. The Balaban J connectivity index is 2.22. The molecule has 2 aromatic carbocycles. The maximum absolute atomic E-state index is 13.4. The van der Waals surface area contributed by atoms with E-state index in [4.69, 9.17) is 0 Å². The van der Waals surface area contributed by atoms with Gasteiger partial charge in [0.15, 0.2) is 0 Å². The lowest BCUT2D eigenvalue weighted by Crippen LogP contribution is -2.37. The Morgan fingerprint density at radius 2 is 1.84 bits per heavy atom. The van der Waals surface area contributed by atoms with Crippen molar-refractivity contribution in [1.82, 2.24) is 0 Å². The molecule has 1 N–H and O–H groups in total. The standard InChI is InChI=1S/C20H23FN2O2/c1-13(2)18-10-5-7-14(3)20(18)22-19(25)12-23(15(4)24)17-9-6-8-16(21)11-17/h5-11,13H,12H2,1-4H3,(H,22,25). The number of carbonyl (C=O) groups excluding carboxylic acids is 2. The number of benzene rings is 2. The molecule has 0 aliphatic carbocycles. The molecule has 0 saturated carbocycles. The molecule has 0 aliphatic heterocycles. The number of nitrogens with zero attached hydrogens (tertiary/aromatic N) is 1. The van der Waals surface area contributed by atoms with Crippen LogP contribution in [0, 0.1) is 12.7 Å². The van der Waals surface area contributed by atoms with Crippen LogP contribution in [0.4, 0.5) is 15.8 Å². The van der Waals surface area contributed by atoms with E-state index in [0.717, 1.165) is 16.8 Å². The first-order valence-corrected chi connectivity index (χ1v) is 8.22. The monoisotopic (exact) mass is 342 g/mol. The predicted molar refractivity (Wildman–Crippen MR) is 98.3 cm³/mol. The van der Waals surface area contributed by atoms with Gasteiger partial charge in [0.25, 0.3) is 0 Å². The molecule has 132 valence electrons. The van der Waals surface area contributed by atoms with E-state index in [1.165, 1.54) is 30.0 Å². The van der Waals surface area contributed by atoms with E-state index < -0.39 is 5.82 Å². The molecule has 5 heteroatoms. The third-order valence-corrected chi connectivity index (χ3v) is 3.99. The largest absolute Gasteiger partial charge is 0.324 e. The number of para-hydroxylation sites is 1. The molecule has 0 bridgehead atoms. The minimum Gasteiger partial charge on any atom is -0.324 e. The van der Waals surface area contributed by atoms with Gasteiger partial charge in [-0.2, -0.15) is 0 Å². The van der Waals surface area contributed by atoms with Crippen LogP contribution in [-0.2, 0) is 9.59 Å². The molecule has 2 amide bonds. The number of aryl methyl sites for hydroxylation is 1. The molecule has 0 fully saturated rings. The van der Waals surface area contributed by atoms with E-state index in [2.05, 4.69) is 19.2 Å². The number of amides is 2. The van der Waals surface area contributed by atoms with Gasteiger partial charge in [-0.3, -0.25) is 9.59 Å². The second-order valence-electron chi connectivity index (χ2n) is 6.33. The van der Waals surface area contributed by atoms with Crippen LogP contribution in [0.25, 0.3) is 0 Å². The summed E-state index contributed by atoms with van der Waals surface area (Å²) in [5, 5.41) is 2.90. The summed E-state index contributed by atoms with van der Waals surface area (Å²) in [7, 11) is 0. The summed E-state index contributed by atoms with van der Waals surface area (Å²) in [5.74, 6) is -0.849. The zero-order valence-electron chi connectivity index (χ0n) is 15.0. The van der Waals surface area contributed by atoms with E-state index in [1.807, 2.05) is 25.1 Å². The van der Waals surface area contributed by atoms with Crippen molar-refractivity contribution in [3.05, 3.63) is 59.4 Å². The first-order chi connectivity index (χ1) is 11.8. The fraction of sp³-hybridized carbons (Fsp3) is 0.300. The molecule has 0 atom stereocenters. The van der Waals surface area contributed by atoms with Crippen LogP contribution in [0.2, 0.25) is 0 Å². The Bertz CT molecular complexity index is 787. The van der Waals surface area contributed by atoms with Gasteiger partial charge in [0.05, 0.1) is 0 Å². The summed E-state index contributed by atoms with van der Waals surface area (Å²) in [6.07, 6.45) is 0. The van der Waals surface area contributed by atoms with Gasteiger partial charge < -0.3 is 10.2 Å². The topological polar surface area (TPSA) is 49.4 Å². The van der Waals surface area contributed by atoms with Gasteiger partial charge in [0, 0.05) is 18.3 Å². The summed E-state index contributed by atoms with van der Waals surface area (Å²) in [6.45, 7) is 7.21. The fourth-order valence-electron chi connectivity index (χ4n) is 2.69. The molecular weight excluding hydrogens is 319 g/mol. The van der Waals surface area contributed by atoms with Gasteiger partial charge in [-0.25, -0.2) is 4.39 Å². The maximum atomic E-state index is 13.4. The Morgan fingerprint density at radius 3 is 2.44 bits per heavy atom. The molecule has 4 nitrogen and oxygen atoms in total. The molecule has 2 rings (SSSR count). The highest BCUT2D eigenvalue weighted by Crippen LogP contribution is 2.27. The average molecular weight is 342 g/mol. The molecule has 0 aromatic heterocycles. The minimum atomic E-state index is -0.454. The molecule has 0 radical (unpaired) electrons. The van der Waals surface area contributed by atoms with E-state index >= 15 is 0 Å². The zero-order chi connectivity index (χ0) is 18.6. The third kappa shape index (κ3) is 4.66. The molecule has 2 aromatic rings. The number of anilines is 2. The van der Waals surface area contributed by atoms with Gasteiger partial charge in [-0.15, -0.1) is 0 Å². The van der Waals surface area contributed by atoms with Crippen LogP contribution in [0.15, 0.2) is 42.5 Å². The number of carbonyl (C=O) groups is 2. The smallest absolute Gasteiger partial charge is 0.244 e. The summed E-state index contributed by atoms with van der Waals surface area (Å²) < 4.78 is 13.4. The first-order valence-electron chi connectivity index (χ1n) is 8.22. The molecule has 0 unspecified atom stereocenters. The Morgan fingerprint density at radius 1 is 1.16 bits per heavy atom. The van der Waals surface area contributed by atoms with Gasteiger partial charge >= 0.3 is 0 Å². The van der Waals surface area contributed by atoms with Gasteiger partial charge in [-0.1, -0.05) is 38.1 Å². The Kier molecular flexibility index (Phi) is 5.91. The van der Waals surface area contributed by atoms with Crippen molar-refractivity contribution < 1.29 is 14.0 Å². The number of hydrogen-bond acceptors (Lipinski definition) is 2. The number of halogens is 1. The number of hydrogen-bond donors (Lipinski definition) is 1. The van der Waals surface area contributed by atoms with E-state index in [0.29, 0.717) is 5.69 Å². The molecule has 0 heterocycles. The summed E-state index contributed by atoms with van der Waals surface area (Å²) in [5.41, 5.74) is 3.12. The van der Waals surface area contributed by atoms with Crippen LogP contribution >= 0.6 is 0 Å². The summed E-state index contributed by atoms with van der Waals surface area (Å²) in [4.78, 5) is 25.7. The van der Waals surface area contributed by atoms with Gasteiger partial charge in [-0.05, 0) is 42.2 Å². The average Bonchev–Trinajstić information content (AvgIpc) is 2.54. The first kappa shape index (κ1) is 18.6. The van der Waals surface area contributed by atoms with Crippen LogP contribution in [-0.4, -0.2) is 18.4 Å². The number of rotatable bonds is 5. The van der Waals surface area contributed by atoms with Crippen molar-refractivity contribution >= 4 is 23.2 Å².